The summed E-state index contributed by atoms with van der Waals surface area (Å²) in [5, 5.41) is 31.4. The Balaban J connectivity index is 4.77. The molecule has 1 amide bonds. The molecule has 12 nitrogen and oxygen atoms in total. The summed E-state index contributed by atoms with van der Waals surface area (Å²) in [5.41, 5.74) is 2.56. The molecule has 12 heteroatoms. The summed E-state index contributed by atoms with van der Waals surface area (Å²) in [5.74, 6) is -3.36. The summed E-state index contributed by atoms with van der Waals surface area (Å²) in [6, 6.07) is -0.871. The number of nitrogens with zero attached hydrogens (tertiary/aromatic N) is 3. The van der Waals surface area contributed by atoms with E-state index in [1.807, 2.05) is 0 Å². The van der Waals surface area contributed by atoms with E-state index < -0.39 is 23.9 Å². The predicted molar refractivity (Wildman–Crippen MR) is 104 cm³/mol. The van der Waals surface area contributed by atoms with Crippen LogP contribution in [-0.4, -0.2) is 120 Å². The lowest BCUT2D eigenvalue weighted by Crippen LogP contribution is -2.47. The van der Waals surface area contributed by atoms with Crippen LogP contribution in [0.5, 0.6) is 0 Å². The molecule has 0 saturated heterocycles. The molecule has 168 valence electrons. The third kappa shape index (κ3) is 13.5. The van der Waals surface area contributed by atoms with Crippen LogP contribution in [0.2, 0.25) is 0 Å². The molecule has 5 N–H and O–H groups in total. The van der Waals surface area contributed by atoms with Gasteiger partial charge in [-0.25, -0.2) is 5.01 Å². The fourth-order valence-corrected chi connectivity index (χ4v) is 2.73. The molecule has 0 aliphatic carbocycles. The number of hydrogen-bond acceptors (Lipinski definition) is 8. The summed E-state index contributed by atoms with van der Waals surface area (Å²) in [4.78, 5) is 48.3. The summed E-state index contributed by atoms with van der Waals surface area (Å²) in [7, 11) is 3.32. The fourth-order valence-electron chi connectivity index (χ4n) is 2.73. The number of hydrazine groups is 1. The number of aliphatic carboxylic acids is 3. The monoisotopic (exact) mass is 419 g/mol. The lowest BCUT2D eigenvalue weighted by molar-refractivity contribution is -0.144. The van der Waals surface area contributed by atoms with Crippen LogP contribution >= 0.6 is 0 Å². The number of nitrogens with one attached hydrogen (secondary N) is 2. The van der Waals surface area contributed by atoms with Gasteiger partial charge in [-0.15, -0.1) is 0 Å². The fraction of sp³-hybridized carbons (Fsp3) is 0.765. The van der Waals surface area contributed by atoms with Gasteiger partial charge in [0.05, 0.1) is 13.1 Å². The number of carboxylic acid groups (broad SMARTS) is 3. The van der Waals surface area contributed by atoms with E-state index in [-0.39, 0.29) is 31.8 Å². The van der Waals surface area contributed by atoms with Crippen molar-refractivity contribution in [3.8, 4) is 0 Å². The number of likely N-dealkylation sites (N-methyl/N-ethyl adjacent to an activating group) is 1. The van der Waals surface area contributed by atoms with Crippen LogP contribution in [0.15, 0.2) is 0 Å². The number of carboxylic acids is 3. The molecule has 0 radical (unpaired) electrons. The Morgan fingerprint density at radius 2 is 1.62 bits per heavy atom. The molecule has 0 aromatic rings. The highest BCUT2D eigenvalue weighted by Gasteiger charge is 2.25. The Bertz CT molecular complexity index is 544. The second-order valence-electron chi connectivity index (χ2n) is 6.69. The van der Waals surface area contributed by atoms with Gasteiger partial charge in [0.2, 0.25) is 5.91 Å². The van der Waals surface area contributed by atoms with E-state index in [0.29, 0.717) is 32.7 Å². The van der Waals surface area contributed by atoms with Gasteiger partial charge in [-0.1, -0.05) is 6.92 Å². The van der Waals surface area contributed by atoms with E-state index in [0.717, 1.165) is 0 Å². The van der Waals surface area contributed by atoms with E-state index in [1.54, 1.807) is 30.8 Å². The first-order valence-corrected chi connectivity index (χ1v) is 9.37. The zero-order chi connectivity index (χ0) is 22.4. The number of hydrogen-bond donors (Lipinski definition) is 5. The van der Waals surface area contributed by atoms with Crippen molar-refractivity contribution < 1.29 is 34.5 Å². The maximum Gasteiger partial charge on any atom is 0.320 e. The standard InChI is InChI=1S/C17H33N5O7/c1-4-22(13(17(28)29)5-6-14(23)19-20(2)3)10-9-21(12-16(26)27)8-7-18-11-15(24)25/h13,18H,4-12H2,1-3H3,(H,19,23)(H,24,25)(H,26,27)(H,28,29)/t13-/m0/s1. The van der Waals surface area contributed by atoms with E-state index in [2.05, 4.69) is 10.7 Å². The smallest absolute Gasteiger partial charge is 0.320 e. The minimum atomic E-state index is -1.04. The molecule has 0 aliphatic heterocycles. The average molecular weight is 419 g/mol. The molecule has 0 spiro atoms. The lowest BCUT2D eigenvalue weighted by Gasteiger charge is -2.30. The highest BCUT2D eigenvalue weighted by Crippen LogP contribution is 2.08. The second kappa shape index (κ2) is 14.7. The van der Waals surface area contributed by atoms with Crippen LogP contribution in [0.25, 0.3) is 0 Å². The molecule has 0 aliphatic rings. The minimum Gasteiger partial charge on any atom is -0.480 e. The molecule has 0 saturated carbocycles. The molecule has 0 aromatic carbocycles. The number of carbonyl (C=O) groups excluding carboxylic acids is 1. The van der Waals surface area contributed by atoms with Gasteiger partial charge < -0.3 is 20.6 Å². The van der Waals surface area contributed by atoms with Gasteiger partial charge in [0.1, 0.15) is 6.04 Å². The predicted octanol–water partition coefficient (Wildman–Crippen LogP) is -1.80. The molecular formula is C17H33N5O7. The van der Waals surface area contributed by atoms with E-state index >= 15 is 0 Å². The van der Waals surface area contributed by atoms with Crippen LogP contribution in [0.3, 0.4) is 0 Å². The van der Waals surface area contributed by atoms with Gasteiger partial charge >= 0.3 is 17.9 Å². The van der Waals surface area contributed by atoms with Crippen molar-refractivity contribution in [3.63, 3.8) is 0 Å². The summed E-state index contributed by atoms with van der Waals surface area (Å²) in [6.07, 6.45) is 0.172. The van der Waals surface area contributed by atoms with Crippen molar-refractivity contribution in [2.24, 2.45) is 0 Å². The Labute approximate surface area is 170 Å². The average Bonchev–Trinajstić information content (AvgIpc) is 2.59. The van der Waals surface area contributed by atoms with E-state index in [9.17, 15) is 24.3 Å². The molecule has 0 unspecified atom stereocenters. The molecule has 0 rings (SSSR count). The molecule has 29 heavy (non-hydrogen) atoms. The third-order valence-corrected chi connectivity index (χ3v) is 4.07. The first kappa shape index (κ1) is 26.7. The zero-order valence-corrected chi connectivity index (χ0v) is 17.3. The van der Waals surface area contributed by atoms with Gasteiger partial charge in [-0.2, -0.15) is 0 Å². The summed E-state index contributed by atoms with van der Waals surface area (Å²) < 4.78 is 0. The molecule has 0 heterocycles. The SMILES string of the molecule is CCN(CCN(CCNCC(=O)O)CC(=O)O)[C@@H](CCC(=O)NN(C)C)C(=O)O. The zero-order valence-electron chi connectivity index (χ0n) is 17.3. The molecule has 0 fully saturated rings. The van der Waals surface area contributed by atoms with Crippen molar-refractivity contribution in [2.75, 3.05) is 59.9 Å². The Morgan fingerprint density at radius 3 is 2.10 bits per heavy atom. The van der Waals surface area contributed by atoms with Crippen LogP contribution in [-0.2, 0) is 19.2 Å². The topological polar surface area (TPSA) is 163 Å². The van der Waals surface area contributed by atoms with Crippen molar-refractivity contribution in [2.45, 2.75) is 25.8 Å². The van der Waals surface area contributed by atoms with Crippen molar-refractivity contribution in [1.29, 1.82) is 0 Å². The largest absolute Gasteiger partial charge is 0.480 e. The number of carbonyl (C=O) groups is 4. The minimum absolute atomic E-state index is 0.0452. The highest BCUT2D eigenvalue weighted by atomic mass is 16.4. The number of rotatable bonds is 17. The molecular weight excluding hydrogens is 386 g/mol. The third-order valence-electron chi connectivity index (χ3n) is 4.07. The Hall–Kier alpha value is -2.28. The van der Waals surface area contributed by atoms with Crippen molar-refractivity contribution in [1.82, 2.24) is 25.6 Å². The number of amides is 1. The summed E-state index contributed by atoms with van der Waals surface area (Å²) >= 11 is 0. The van der Waals surface area contributed by atoms with Crippen molar-refractivity contribution in [3.05, 3.63) is 0 Å². The van der Waals surface area contributed by atoms with Crippen LogP contribution in [0.4, 0.5) is 0 Å². The quantitative estimate of drug-likeness (QED) is 0.133. The van der Waals surface area contributed by atoms with Crippen LogP contribution < -0.4 is 10.7 Å². The first-order chi connectivity index (χ1) is 13.6. The Morgan fingerprint density at radius 1 is 0.966 bits per heavy atom. The summed E-state index contributed by atoms with van der Waals surface area (Å²) in [6.45, 7) is 2.94. The van der Waals surface area contributed by atoms with Gasteiger partial charge in [0.15, 0.2) is 0 Å². The maximum absolute atomic E-state index is 11.8. The second-order valence-corrected chi connectivity index (χ2v) is 6.69. The maximum atomic E-state index is 11.8. The molecule has 1 atom stereocenters. The van der Waals surface area contributed by atoms with Crippen molar-refractivity contribution >= 4 is 23.8 Å². The van der Waals surface area contributed by atoms with Gasteiger partial charge in [-0.3, -0.25) is 34.4 Å². The van der Waals surface area contributed by atoms with Crippen LogP contribution in [0.1, 0.15) is 19.8 Å². The first-order valence-electron chi connectivity index (χ1n) is 9.37. The molecule has 0 bridgehead atoms. The normalized spacial score (nSPS) is 12.3. The highest BCUT2D eigenvalue weighted by molar-refractivity contribution is 5.78. The van der Waals surface area contributed by atoms with E-state index in [1.165, 1.54) is 5.01 Å². The van der Waals surface area contributed by atoms with Gasteiger partial charge in [0, 0.05) is 46.7 Å². The molecule has 0 aromatic heterocycles. The Kier molecular flexibility index (Phi) is 13.5. The van der Waals surface area contributed by atoms with Crippen LogP contribution in [0, 0.1) is 0 Å². The van der Waals surface area contributed by atoms with E-state index in [4.69, 9.17) is 10.2 Å². The van der Waals surface area contributed by atoms with Gasteiger partial charge in [0.25, 0.3) is 0 Å². The lowest BCUT2D eigenvalue weighted by atomic mass is 10.1. The van der Waals surface area contributed by atoms with Gasteiger partial charge in [-0.05, 0) is 13.0 Å².